The molecule has 0 spiro atoms. The van der Waals surface area contributed by atoms with Crippen LogP contribution < -0.4 is 0 Å². The standard InChI is InChI=1S/C44H65NO10S/c1-11-21-50-22-15-16-32-24-30(3)37(51-32)20-19-33-23-29(2)31(4)38(52-33)26-39-36(28-56(47,48)35-17-13-12-14-18-35)41(49-10)40(53-39)25-34-27-45(44(8,9)54-34)42(46)55-43(5,6)7/h11-18,29,32-34,36-41H,1,3-4,19-28H2,2,5-10H3/t29-,32+,33+,34?,36+,37+,38-,39+,40-,41-/m1/s1. The lowest BCUT2D eigenvalue weighted by molar-refractivity contribution is -0.0992. The van der Waals surface area contributed by atoms with E-state index >= 15 is 0 Å². The van der Waals surface area contributed by atoms with Crippen LogP contribution in [0.15, 0.2) is 84.3 Å². The van der Waals surface area contributed by atoms with Crippen molar-refractivity contribution in [1.82, 2.24) is 4.90 Å². The molecule has 0 aliphatic carbocycles. The summed E-state index contributed by atoms with van der Waals surface area (Å²) in [5, 5.41) is 0. The number of hydrogen-bond acceptors (Lipinski definition) is 10. The highest BCUT2D eigenvalue weighted by atomic mass is 32.2. The molecule has 4 fully saturated rings. The average Bonchev–Trinajstić information content (AvgIpc) is 3.75. The first-order valence-corrected chi connectivity index (χ1v) is 21.7. The molecule has 1 aromatic carbocycles. The molecule has 11 nitrogen and oxygen atoms in total. The second kappa shape index (κ2) is 18.8. The van der Waals surface area contributed by atoms with Crippen LogP contribution in [-0.2, 0) is 43.0 Å². The molecule has 4 heterocycles. The molecule has 10 atom stereocenters. The number of nitrogens with zero attached hydrogens (tertiary/aromatic N) is 1. The number of carbonyl (C=O) groups is 1. The molecular weight excluding hydrogens is 735 g/mol. The van der Waals surface area contributed by atoms with Gasteiger partial charge in [-0.15, -0.1) is 6.58 Å². The van der Waals surface area contributed by atoms with Gasteiger partial charge in [-0.05, 0) is 83.1 Å². The van der Waals surface area contributed by atoms with Gasteiger partial charge in [0.15, 0.2) is 9.84 Å². The molecule has 56 heavy (non-hydrogen) atoms. The molecule has 5 rings (SSSR count). The molecule has 1 aromatic rings. The van der Waals surface area contributed by atoms with E-state index in [1.165, 1.54) is 0 Å². The highest BCUT2D eigenvalue weighted by Crippen LogP contribution is 2.42. The molecule has 312 valence electrons. The van der Waals surface area contributed by atoms with Crippen molar-refractivity contribution in [2.24, 2.45) is 11.8 Å². The molecule has 12 heteroatoms. The van der Waals surface area contributed by atoms with E-state index in [0.29, 0.717) is 32.6 Å². The predicted octanol–water partition coefficient (Wildman–Crippen LogP) is 7.61. The van der Waals surface area contributed by atoms with Crippen LogP contribution in [0.5, 0.6) is 0 Å². The number of rotatable bonds is 16. The second-order valence-electron chi connectivity index (χ2n) is 17.2. The lowest BCUT2D eigenvalue weighted by atomic mass is 9.83. The van der Waals surface area contributed by atoms with Gasteiger partial charge in [-0.25, -0.2) is 13.2 Å². The van der Waals surface area contributed by atoms with E-state index in [9.17, 15) is 13.2 Å². The Labute approximate surface area is 335 Å². The van der Waals surface area contributed by atoms with Crippen LogP contribution in [0.1, 0.15) is 80.1 Å². The number of sulfone groups is 1. The monoisotopic (exact) mass is 799 g/mol. The molecule has 0 radical (unpaired) electrons. The molecule has 0 N–H and O–H groups in total. The summed E-state index contributed by atoms with van der Waals surface area (Å²) in [5.74, 6) is -0.457. The van der Waals surface area contributed by atoms with Crippen LogP contribution in [0.4, 0.5) is 4.79 Å². The molecule has 4 saturated heterocycles. The van der Waals surface area contributed by atoms with Gasteiger partial charge >= 0.3 is 6.09 Å². The van der Waals surface area contributed by atoms with Crippen molar-refractivity contribution in [2.45, 2.75) is 145 Å². The molecule has 4 aliphatic rings. The summed E-state index contributed by atoms with van der Waals surface area (Å²) < 4.78 is 71.4. The lowest BCUT2D eigenvalue weighted by Crippen LogP contribution is -2.46. The molecule has 0 bridgehead atoms. The maximum Gasteiger partial charge on any atom is 0.412 e. The van der Waals surface area contributed by atoms with Gasteiger partial charge in [0.2, 0.25) is 0 Å². The van der Waals surface area contributed by atoms with Crippen molar-refractivity contribution in [3.8, 4) is 0 Å². The Balaban J connectivity index is 1.29. The first-order valence-electron chi connectivity index (χ1n) is 20.1. The van der Waals surface area contributed by atoms with Crippen LogP contribution >= 0.6 is 0 Å². The minimum absolute atomic E-state index is 0.0232. The van der Waals surface area contributed by atoms with E-state index < -0.39 is 51.5 Å². The SMILES string of the molecule is C=CCOCC=C[C@H]1CC(=C)[C@H](CC[C@H]2C[C@@H](C)C(=C)[C@@H](C[C@@H]3O[C@H](CC4CN(C(=O)OC(C)(C)C)C(C)(C)O4)[C@H](OC)[C@H]3CS(=O)(=O)c3ccccc3)O2)O1. The molecular formula is C44H65NO10S. The van der Waals surface area contributed by atoms with Crippen molar-refractivity contribution < 1.29 is 46.4 Å². The molecule has 0 aromatic heterocycles. The Morgan fingerprint density at radius 3 is 2.41 bits per heavy atom. The minimum atomic E-state index is -3.70. The van der Waals surface area contributed by atoms with E-state index in [2.05, 4.69) is 26.7 Å². The number of methoxy groups -OCH3 is 1. The summed E-state index contributed by atoms with van der Waals surface area (Å²) in [6.07, 6.45) is 6.94. The van der Waals surface area contributed by atoms with E-state index in [-0.39, 0.29) is 47.1 Å². The van der Waals surface area contributed by atoms with E-state index in [1.54, 1.807) is 48.4 Å². The maximum atomic E-state index is 13.9. The molecule has 0 saturated carbocycles. The van der Waals surface area contributed by atoms with E-state index in [0.717, 1.165) is 36.8 Å². The smallest absolute Gasteiger partial charge is 0.412 e. The highest BCUT2D eigenvalue weighted by molar-refractivity contribution is 7.91. The van der Waals surface area contributed by atoms with Crippen molar-refractivity contribution in [2.75, 3.05) is 32.6 Å². The first kappa shape index (κ1) is 44.3. The average molecular weight is 800 g/mol. The normalized spacial score (nSPS) is 32.4. The minimum Gasteiger partial charge on any atom is -0.444 e. The summed E-state index contributed by atoms with van der Waals surface area (Å²) in [5.41, 5.74) is 0.495. The largest absolute Gasteiger partial charge is 0.444 e. The predicted molar refractivity (Wildman–Crippen MR) is 216 cm³/mol. The summed E-state index contributed by atoms with van der Waals surface area (Å²) in [6, 6.07) is 8.50. The zero-order chi connectivity index (χ0) is 40.8. The number of benzene rings is 1. The van der Waals surface area contributed by atoms with Gasteiger partial charge in [0, 0.05) is 32.3 Å². The number of hydrogen-bond donors (Lipinski definition) is 0. The summed E-state index contributed by atoms with van der Waals surface area (Å²) in [6.45, 7) is 25.1. The zero-order valence-corrected chi connectivity index (χ0v) is 35.3. The van der Waals surface area contributed by atoms with Gasteiger partial charge in [0.1, 0.15) is 11.3 Å². The topological polar surface area (TPSA) is 119 Å². The van der Waals surface area contributed by atoms with Crippen molar-refractivity contribution in [3.05, 3.63) is 79.4 Å². The fourth-order valence-electron chi connectivity index (χ4n) is 8.48. The maximum absolute atomic E-state index is 13.9. The zero-order valence-electron chi connectivity index (χ0n) is 34.5. The van der Waals surface area contributed by atoms with Crippen LogP contribution in [0, 0.1) is 11.8 Å². The van der Waals surface area contributed by atoms with Gasteiger partial charge in [0.05, 0.1) is 79.2 Å². The van der Waals surface area contributed by atoms with Gasteiger partial charge < -0.3 is 33.2 Å². The lowest BCUT2D eigenvalue weighted by Gasteiger charge is -2.38. The Kier molecular flexibility index (Phi) is 14.9. The second-order valence-corrected chi connectivity index (χ2v) is 19.3. The summed E-state index contributed by atoms with van der Waals surface area (Å²) >= 11 is 0. The fourth-order valence-corrected chi connectivity index (χ4v) is 10.2. The molecule has 1 amide bonds. The van der Waals surface area contributed by atoms with Crippen molar-refractivity contribution in [3.63, 3.8) is 0 Å². The summed E-state index contributed by atoms with van der Waals surface area (Å²) in [4.78, 5) is 15.0. The molecule has 1 unspecified atom stereocenters. The van der Waals surface area contributed by atoms with Gasteiger partial charge in [0.25, 0.3) is 0 Å². The fraction of sp³-hybridized carbons (Fsp3) is 0.659. The van der Waals surface area contributed by atoms with Crippen molar-refractivity contribution >= 4 is 15.9 Å². The number of carbonyl (C=O) groups excluding carboxylic acids is 1. The van der Waals surface area contributed by atoms with Crippen LogP contribution in [0.3, 0.4) is 0 Å². The Bertz CT molecular complexity index is 1650. The Morgan fingerprint density at radius 1 is 1.00 bits per heavy atom. The van der Waals surface area contributed by atoms with E-state index in [1.807, 2.05) is 46.8 Å². The van der Waals surface area contributed by atoms with Gasteiger partial charge in [-0.1, -0.05) is 56.5 Å². The third-order valence-electron chi connectivity index (χ3n) is 11.3. The summed E-state index contributed by atoms with van der Waals surface area (Å²) in [7, 11) is -2.10. The van der Waals surface area contributed by atoms with Crippen LogP contribution in [-0.4, -0.2) is 112 Å². The van der Waals surface area contributed by atoms with Gasteiger partial charge in [-0.2, -0.15) is 0 Å². The third kappa shape index (κ3) is 11.4. The quantitative estimate of drug-likeness (QED) is 0.122. The van der Waals surface area contributed by atoms with Gasteiger partial charge in [-0.3, -0.25) is 4.90 Å². The number of amides is 1. The molecule has 4 aliphatic heterocycles. The first-order chi connectivity index (χ1) is 26.4. The van der Waals surface area contributed by atoms with Crippen LogP contribution in [0.25, 0.3) is 0 Å². The van der Waals surface area contributed by atoms with E-state index in [4.69, 9.17) is 33.2 Å². The number of ether oxygens (including phenoxy) is 7. The highest BCUT2D eigenvalue weighted by Gasteiger charge is 2.51. The third-order valence-corrected chi connectivity index (χ3v) is 13.1. The Morgan fingerprint density at radius 2 is 1.73 bits per heavy atom. The Hall–Kier alpha value is -2.84. The van der Waals surface area contributed by atoms with Crippen molar-refractivity contribution in [1.29, 1.82) is 0 Å². The van der Waals surface area contributed by atoms with Crippen LogP contribution in [0.2, 0.25) is 0 Å².